The van der Waals surface area contributed by atoms with Crippen LogP contribution in [0.5, 0.6) is 11.5 Å². The minimum atomic E-state index is -0.190. The van der Waals surface area contributed by atoms with Gasteiger partial charge < -0.3 is 4.74 Å². The Morgan fingerprint density at radius 2 is 1.13 bits per heavy atom. The fourth-order valence-corrected chi connectivity index (χ4v) is 8.05. The Morgan fingerprint density at radius 1 is 0.444 bits per heavy atom. The van der Waals surface area contributed by atoms with E-state index in [4.69, 9.17) is 14.7 Å². The molecule has 1 aliphatic carbocycles. The highest BCUT2D eigenvalue weighted by molar-refractivity contribution is 5.94. The van der Waals surface area contributed by atoms with Crippen molar-refractivity contribution in [1.82, 2.24) is 15.0 Å². The lowest BCUT2D eigenvalue weighted by Crippen LogP contribution is -2.15. The van der Waals surface area contributed by atoms with Gasteiger partial charge in [0.15, 0.2) is 5.82 Å². The van der Waals surface area contributed by atoms with Gasteiger partial charge in [-0.1, -0.05) is 135 Å². The van der Waals surface area contributed by atoms with Crippen LogP contribution < -0.4 is 4.74 Å². The SMILES string of the molecule is CC1(C)c2ccccc2-c2cc3c(cc21)Oc1ccccc1-c1ccccc1/C=C\c1ccc(-c2cc(-c4cccnc4)nc(-c4ccccc4)n2)cc1-3. The summed E-state index contributed by atoms with van der Waals surface area (Å²) in [4.78, 5) is 14.6. The quantitative estimate of drug-likeness (QED) is 0.185. The van der Waals surface area contributed by atoms with Crippen LogP contribution in [-0.4, -0.2) is 15.0 Å². The summed E-state index contributed by atoms with van der Waals surface area (Å²) in [6.45, 7) is 4.63. The van der Waals surface area contributed by atoms with Gasteiger partial charge in [0.05, 0.1) is 11.4 Å². The standard InChI is InChI=1S/C50H35N3O/c1-50(2)43-20-10-8-18-38(43)41-28-42-40-27-35(45-30-46(36-16-12-26-51-31-36)53-49(52-45)34-14-4-3-5-15-34)25-24-33(40)23-22-32-13-6-7-17-37(32)39-19-9-11-21-47(39)54-48(42)29-44(41)50/h3-31H,1-2H3/b23-22-. The molecule has 3 heterocycles. The van der Waals surface area contributed by atoms with E-state index in [0.717, 1.165) is 73.0 Å². The molecule has 54 heavy (non-hydrogen) atoms. The van der Waals surface area contributed by atoms with Crippen molar-refractivity contribution in [2.75, 3.05) is 0 Å². The molecule has 256 valence electrons. The monoisotopic (exact) mass is 693 g/mol. The maximum Gasteiger partial charge on any atom is 0.160 e. The molecule has 4 heteroatoms. The second-order valence-corrected chi connectivity index (χ2v) is 14.5. The maximum atomic E-state index is 7.14. The smallest absolute Gasteiger partial charge is 0.160 e. The van der Waals surface area contributed by atoms with E-state index < -0.39 is 0 Å². The van der Waals surface area contributed by atoms with E-state index in [9.17, 15) is 0 Å². The van der Waals surface area contributed by atoms with Crippen LogP contribution >= 0.6 is 0 Å². The van der Waals surface area contributed by atoms with Gasteiger partial charge in [-0.25, -0.2) is 9.97 Å². The number of rotatable bonds is 3. The van der Waals surface area contributed by atoms with Crippen LogP contribution in [0.3, 0.4) is 0 Å². The van der Waals surface area contributed by atoms with Crippen molar-refractivity contribution in [3.63, 3.8) is 0 Å². The Morgan fingerprint density at radius 3 is 1.94 bits per heavy atom. The van der Waals surface area contributed by atoms with Crippen LogP contribution in [-0.2, 0) is 5.41 Å². The molecule has 0 atom stereocenters. The average molecular weight is 694 g/mol. The van der Waals surface area contributed by atoms with Gasteiger partial charge in [-0.15, -0.1) is 0 Å². The van der Waals surface area contributed by atoms with E-state index in [-0.39, 0.29) is 5.41 Å². The third-order valence-electron chi connectivity index (χ3n) is 10.8. The normalized spacial score (nSPS) is 13.8. The summed E-state index contributed by atoms with van der Waals surface area (Å²) >= 11 is 0. The van der Waals surface area contributed by atoms with Gasteiger partial charge in [0, 0.05) is 45.6 Å². The van der Waals surface area contributed by atoms with Gasteiger partial charge in [0.2, 0.25) is 0 Å². The Labute approximate surface area is 315 Å². The molecule has 2 aromatic heterocycles. The minimum Gasteiger partial charge on any atom is -0.456 e. The molecular formula is C50H35N3O. The predicted octanol–water partition coefficient (Wildman–Crippen LogP) is 12.8. The number of pyridine rings is 1. The first kappa shape index (κ1) is 31.8. The lowest BCUT2D eigenvalue weighted by Gasteiger charge is -2.23. The minimum absolute atomic E-state index is 0.190. The second-order valence-electron chi connectivity index (χ2n) is 14.5. The van der Waals surface area contributed by atoms with Gasteiger partial charge in [0.1, 0.15) is 11.5 Å². The second kappa shape index (κ2) is 12.6. The highest BCUT2D eigenvalue weighted by Gasteiger charge is 2.37. The molecule has 0 saturated carbocycles. The molecule has 4 nitrogen and oxygen atoms in total. The van der Waals surface area contributed by atoms with E-state index in [1.165, 1.54) is 22.3 Å². The van der Waals surface area contributed by atoms with Crippen LogP contribution in [0.2, 0.25) is 0 Å². The van der Waals surface area contributed by atoms with E-state index in [1.807, 2.05) is 36.5 Å². The molecule has 0 spiro atoms. The summed E-state index contributed by atoms with van der Waals surface area (Å²) in [5.74, 6) is 2.30. The number of para-hydroxylation sites is 1. The lowest BCUT2D eigenvalue weighted by molar-refractivity contribution is 0.484. The Kier molecular flexibility index (Phi) is 7.44. The van der Waals surface area contributed by atoms with Crippen molar-refractivity contribution in [2.45, 2.75) is 19.3 Å². The van der Waals surface area contributed by atoms with Gasteiger partial charge in [-0.05, 0) is 87.0 Å². The summed E-state index contributed by atoms with van der Waals surface area (Å²) < 4.78 is 7.14. The number of fused-ring (bicyclic) bond motifs is 9. The fourth-order valence-electron chi connectivity index (χ4n) is 8.05. The van der Waals surface area contributed by atoms with Crippen molar-refractivity contribution >= 4 is 12.2 Å². The van der Waals surface area contributed by atoms with Crippen molar-refractivity contribution in [2.24, 2.45) is 0 Å². The molecule has 10 rings (SSSR count). The first-order chi connectivity index (χ1) is 26.5. The molecule has 6 aromatic carbocycles. The maximum absolute atomic E-state index is 7.14. The van der Waals surface area contributed by atoms with Gasteiger partial charge in [-0.3, -0.25) is 4.98 Å². The number of hydrogen-bond acceptors (Lipinski definition) is 4. The highest BCUT2D eigenvalue weighted by Crippen LogP contribution is 2.53. The number of hydrogen-bond donors (Lipinski definition) is 0. The molecule has 8 aromatic rings. The van der Waals surface area contributed by atoms with Crippen molar-refractivity contribution in [1.29, 1.82) is 0 Å². The molecule has 0 unspecified atom stereocenters. The Bertz CT molecular complexity index is 2710. The third-order valence-corrected chi connectivity index (χ3v) is 10.8. The fraction of sp³-hybridized carbons (Fsp3) is 0.0600. The van der Waals surface area contributed by atoms with Crippen molar-refractivity contribution in [3.8, 4) is 78.8 Å². The molecule has 0 amide bonds. The number of benzene rings is 6. The molecule has 0 radical (unpaired) electrons. The first-order valence-electron chi connectivity index (χ1n) is 18.3. The summed E-state index contributed by atoms with van der Waals surface area (Å²) in [5.41, 5.74) is 15.9. The van der Waals surface area contributed by atoms with Crippen LogP contribution in [0.1, 0.15) is 36.1 Å². The number of nitrogens with zero attached hydrogens (tertiary/aromatic N) is 3. The molecule has 0 bridgehead atoms. The average Bonchev–Trinajstić information content (AvgIpc) is 3.44. The zero-order valence-electron chi connectivity index (χ0n) is 30.0. The van der Waals surface area contributed by atoms with Crippen molar-refractivity contribution < 1.29 is 4.74 Å². The largest absolute Gasteiger partial charge is 0.456 e. The van der Waals surface area contributed by atoms with Gasteiger partial charge in [0.25, 0.3) is 0 Å². The summed E-state index contributed by atoms with van der Waals surface area (Å²) in [6, 6.07) is 53.1. The summed E-state index contributed by atoms with van der Waals surface area (Å²) in [7, 11) is 0. The van der Waals surface area contributed by atoms with E-state index in [0.29, 0.717) is 5.82 Å². The number of ether oxygens (including phenoxy) is 1. The molecule has 0 N–H and O–H groups in total. The van der Waals surface area contributed by atoms with E-state index >= 15 is 0 Å². The van der Waals surface area contributed by atoms with E-state index in [2.05, 4.69) is 152 Å². The van der Waals surface area contributed by atoms with Crippen molar-refractivity contribution in [3.05, 3.63) is 186 Å². The lowest BCUT2D eigenvalue weighted by atomic mass is 9.81. The molecule has 0 fully saturated rings. The highest BCUT2D eigenvalue weighted by atomic mass is 16.5. The molecule has 2 aliphatic rings. The van der Waals surface area contributed by atoms with Gasteiger partial charge in [-0.2, -0.15) is 0 Å². The predicted molar refractivity (Wildman–Crippen MR) is 220 cm³/mol. The Balaban J connectivity index is 1.24. The summed E-state index contributed by atoms with van der Waals surface area (Å²) in [5, 5.41) is 0. The van der Waals surface area contributed by atoms with Crippen LogP contribution in [0.25, 0.3) is 79.4 Å². The zero-order valence-corrected chi connectivity index (χ0v) is 30.0. The van der Waals surface area contributed by atoms with Gasteiger partial charge >= 0.3 is 0 Å². The summed E-state index contributed by atoms with van der Waals surface area (Å²) in [6.07, 6.45) is 8.09. The molecular weight excluding hydrogens is 659 g/mol. The van der Waals surface area contributed by atoms with Crippen LogP contribution in [0.15, 0.2) is 164 Å². The molecule has 0 saturated heterocycles. The Hall–Kier alpha value is -6.91. The van der Waals surface area contributed by atoms with E-state index in [1.54, 1.807) is 6.20 Å². The topological polar surface area (TPSA) is 47.9 Å². The van der Waals surface area contributed by atoms with Crippen LogP contribution in [0, 0.1) is 0 Å². The zero-order chi connectivity index (χ0) is 36.2. The molecule has 1 aliphatic heterocycles. The van der Waals surface area contributed by atoms with Crippen LogP contribution in [0.4, 0.5) is 0 Å². The number of aromatic nitrogens is 3. The first-order valence-corrected chi connectivity index (χ1v) is 18.3. The third kappa shape index (κ3) is 5.34.